The Kier molecular flexibility index (Phi) is 10.3. The minimum absolute atomic E-state index is 0. The van der Waals surface area contributed by atoms with Crippen molar-refractivity contribution in [1.29, 1.82) is 0 Å². The minimum Gasteiger partial charge on any atom is -0.492 e. The summed E-state index contributed by atoms with van der Waals surface area (Å²) in [5.41, 5.74) is 7.19. The SMILES string of the molecule is CN(CCOc1cccc(CN=C(N)N2CCOCC2)c1)C1CCOCC1.I. The lowest BCUT2D eigenvalue weighted by molar-refractivity contribution is 0.0392. The standard InChI is InChI=1S/C20H32N4O3.HI/c1-23(18-5-10-25-11-6-18)7-14-27-19-4-2-3-17(15-19)16-22-20(21)24-8-12-26-13-9-24;/h2-4,15,18H,5-14,16H2,1H3,(H2,21,22);1H. The van der Waals surface area contributed by atoms with Crippen LogP contribution >= 0.6 is 24.0 Å². The molecule has 0 aromatic heterocycles. The van der Waals surface area contributed by atoms with Crippen LogP contribution in [0.5, 0.6) is 5.75 Å². The number of ether oxygens (including phenoxy) is 3. The van der Waals surface area contributed by atoms with Crippen LogP contribution in [0, 0.1) is 0 Å². The van der Waals surface area contributed by atoms with E-state index < -0.39 is 0 Å². The molecule has 0 spiro atoms. The first-order chi connectivity index (χ1) is 13.2. The zero-order chi connectivity index (χ0) is 18.9. The zero-order valence-corrected chi connectivity index (χ0v) is 19.0. The third-order valence-electron chi connectivity index (χ3n) is 5.18. The van der Waals surface area contributed by atoms with Crippen LogP contribution < -0.4 is 10.5 Å². The van der Waals surface area contributed by atoms with Gasteiger partial charge in [0.2, 0.25) is 0 Å². The van der Waals surface area contributed by atoms with E-state index in [9.17, 15) is 0 Å². The van der Waals surface area contributed by atoms with Gasteiger partial charge < -0.3 is 24.8 Å². The monoisotopic (exact) mass is 504 g/mol. The second kappa shape index (κ2) is 12.5. The summed E-state index contributed by atoms with van der Waals surface area (Å²) in [6, 6.07) is 8.70. The number of aliphatic imine (C=N–C) groups is 1. The average Bonchev–Trinajstić information content (AvgIpc) is 2.73. The van der Waals surface area contributed by atoms with Crippen LogP contribution in [0.1, 0.15) is 18.4 Å². The molecular weight excluding hydrogens is 471 g/mol. The molecule has 1 aromatic rings. The van der Waals surface area contributed by atoms with Crippen LogP contribution in [-0.4, -0.2) is 81.5 Å². The fourth-order valence-electron chi connectivity index (χ4n) is 3.41. The van der Waals surface area contributed by atoms with Crippen molar-refractivity contribution >= 4 is 29.9 Å². The Morgan fingerprint density at radius 3 is 2.68 bits per heavy atom. The first-order valence-electron chi connectivity index (χ1n) is 9.85. The molecular formula is C20H33IN4O3. The smallest absolute Gasteiger partial charge is 0.191 e. The maximum atomic E-state index is 6.09. The number of likely N-dealkylation sites (N-methyl/N-ethyl adjacent to an activating group) is 1. The highest BCUT2D eigenvalue weighted by molar-refractivity contribution is 14.0. The van der Waals surface area contributed by atoms with Gasteiger partial charge in [0, 0.05) is 38.9 Å². The largest absolute Gasteiger partial charge is 0.492 e. The highest BCUT2D eigenvalue weighted by Gasteiger charge is 2.18. The molecule has 2 N–H and O–H groups in total. The van der Waals surface area contributed by atoms with E-state index in [1.807, 2.05) is 18.2 Å². The molecule has 158 valence electrons. The zero-order valence-electron chi connectivity index (χ0n) is 16.7. The van der Waals surface area contributed by atoms with Gasteiger partial charge in [0.1, 0.15) is 12.4 Å². The number of benzene rings is 1. The number of guanidine groups is 1. The van der Waals surface area contributed by atoms with Crippen LogP contribution in [0.4, 0.5) is 0 Å². The molecule has 2 aliphatic rings. The quantitative estimate of drug-likeness (QED) is 0.348. The summed E-state index contributed by atoms with van der Waals surface area (Å²) in [5.74, 6) is 1.47. The van der Waals surface area contributed by atoms with Gasteiger partial charge in [0.25, 0.3) is 0 Å². The summed E-state index contributed by atoms with van der Waals surface area (Å²) in [6.07, 6.45) is 2.21. The van der Waals surface area contributed by atoms with E-state index in [1.165, 1.54) is 0 Å². The van der Waals surface area contributed by atoms with Crippen LogP contribution in [0.25, 0.3) is 0 Å². The summed E-state index contributed by atoms with van der Waals surface area (Å²) < 4.78 is 16.7. The van der Waals surface area contributed by atoms with Gasteiger partial charge in [0.15, 0.2) is 5.96 Å². The predicted octanol–water partition coefficient (Wildman–Crippen LogP) is 1.94. The van der Waals surface area contributed by atoms with Crippen molar-refractivity contribution in [3.63, 3.8) is 0 Å². The Balaban J connectivity index is 0.00000280. The highest BCUT2D eigenvalue weighted by atomic mass is 127. The van der Waals surface area contributed by atoms with Crippen molar-refractivity contribution in [1.82, 2.24) is 9.80 Å². The number of nitrogens with zero attached hydrogens (tertiary/aromatic N) is 3. The van der Waals surface area contributed by atoms with E-state index in [1.54, 1.807) is 0 Å². The van der Waals surface area contributed by atoms with Crippen molar-refractivity contribution in [3.05, 3.63) is 29.8 Å². The Morgan fingerprint density at radius 2 is 1.93 bits per heavy atom. The highest BCUT2D eigenvalue weighted by Crippen LogP contribution is 2.16. The first kappa shape index (κ1) is 23.2. The van der Waals surface area contributed by atoms with E-state index in [4.69, 9.17) is 19.9 Å². The molecule has 2 aliphatic heterocycles. The Bertz CT molecular complexity index is 605. The third-order valence-corrected chi connectivity index (χ3v) is 5.18. The molecule has 0 radical (unpaired) electrons. The number of morpholine rings is 1. The van der Waals surface area contributed by atoms with Gasteiger partial charge in [-0.3, -0.25) is 4.90 Å². The minimum atomic E-state index is 0. The van der Waals surface area contributed by atoms with Gasteiger partial charge in [-0.1, -0.05) is 12.1 Å². The second-order valence-corrected chi connectivity index (χ2v) is 7.09. The molecule has 8 heteroatoms. The lowest BCUT2D eigenvalue weighted by Crippen LogP contribution is -2.44. The molecule has 3 rings (SSSR count). The van der Waals surface area contributed by atoms with Crippen molar-refractivity contribution in [3.8, 4) is 5.75 Å². The van der Waals surface area contributed by atoms with Crippen LogP contribution in [0.3, 0.4) is 0 Å². The molecule has 2 fully saturated rings. The summed E-state index contributed by atoms with van der Waals surface area (Å²) in [6.45, 7) is 6.91. The molecule has 0 aliphatic carbocycles. The van der Waals surface area contributed by atoms with Gasteiger partial charge in [-0.25, -0.2) is 4.99 Å². The topological polar surface area (TPSA) is 72.5 Å². The number of nitrogens with two attached hydrogens (primary N) is 1. The van der Waals surface area contributed by atoms with Crippen LogP contribution in [0.15, 0.2) is 29.3 Å². The van der Waals surface area contributed by atoms with Crippen molar-refractivity contribution in [2.24, 2.45) is 10.7 Å². The van der Waals surface area contributed by atoms with Crippen molar-refractivity contribution in [2.45, 2.75) is 25.4 Å². The average molecular weight is 504 g/mol. The molecule has 0 atom stereocenters. The van der Waals surface area contributed by atoms with Crippen LogP contribution in [-0.2, 0) is 16.0 Å². The van der Waals surface area contributed by atoms with Crippen molar-refractivity contribution in [2.75, 3.05) is 59.7 Å². The van der Waals surface area contributed by atoms with Gasteiger partial charge >= 0.3 is 0 Å². The lowest BCUT2D eigenvalue weighted by Gasteiger charge is -2.31. The van der Waals surface area contributed by atoms with E-state index >= 15 is 0 Å². The number of hydrogen-bond acceptors (Lipinski definition) is 5. The molecule has 0 saturated carbocycles. The molecule has 0 bridgehead atoms. The van der Waals surface area contributed by atoms with Gasteiger partial charge in [-0.2, -0.15) is 0 Å². The number of halogens is 1. The van der Waals surface area contributed by atoms with Crippen molar-refractivity contribution < 1.29 is 14.2 Å². The molecule has 0 amide bonds. The Hall–Kier alpha value is -1.10. The molecule has 0 unspecified atom stereocenters. The molecule has 2 heterocycles. The third kappa shape index (κ3) is 7.38. The summed E-state index contributed by atoms with van der Waals surface area (Å²) in [4.78, 5) is 8.96. The van der Waals surface area contributed by atoms with E-state index in [0.29, 0.717) is 38.4 Å². The first-order valence-corrected chi connectivity index (χ1v) is 9.85. The maximum absolute atomic E-state index is 6.09. The van der Waals surface area contributed by atoms with Gasteiger partial charge in [-0.05, 0) is 37.6 Å². The lowest BCUT2D eigenvalue weighted by atomic mass is 10.1. The van der Waals surface area contributed by atoms with Gasteiger partial charge in [0.05, 0.1) is 19.8 Å². The Labute approximate surface area is 185 Å². The normalized spacial score (nSPS) is 18.8. The molecule has 28 heavy (non-hydrogen) atoms. The van der Waals surface area contributed by atoms with Gasteiger partial charge in [-0.15, -0.1) is 24.0 Å². The maximum Gasteiger partial charge on any atom is 0.191 e. The summed E-state index contributed by atoms with van der Waals surface area (Å²) >= 11 is 0. The van der Waals surface area contributed by atoms with Crippen LogP contribution in [0.2, 0.25) is 0 Å². The fourth-order valence-corrected chi connectivity index (χ4v) is 3.41. The van der Waals surface area contributed by atoms with E-state index in [-0.39, 0.29) is 24.0 Å². The summed E-state index contributed by atoms with van der Waals surface area (Å²) in [7, 11) is 2.17. The molecule has 7 nitrogen and oxygen atoms in total. The second-order valence-electron chi connectivity index (χ2n) is 7.09. The number of hydrogen-bond donors (Lipinski definition) is 1. The van der Waals surface area contributed by atoms with E-state index in [2.05, 4.69) is 27.9 Å². The Morgan fingerprint density at radius 1 is 1.21 bits per heavy atom. The predicted molar refractivity (Wildman–Crippen MR) is 122 cm³/mol. The van der Waals surface area contributed by atoms with E-state index in [0.717, 1.165) is 57.0 Å². The summed E-state index contributed by atoms with van der Waals surface area (Å²) in [5, 5.41) is 0. The fraction of sp³-hybridized carbons (Fsp3) is 0.650. The molecule has 2 saturated heterocycles. The molecule has 1 aromatic carbocycles. The number of rotatable bonds is 7.